The Morgan fingerprint density at radius 1 is 0.897 bits per heavy atom. The van der Waals surface area contributed by atoms with Crippen molar-refractivity contribution in [3.05, 3.63) is 71.0 Å². The number of nitrogens with zero attached hydrogens (tertiary/aromatic N) is 6. The van der Waals surface area contributed by atoms with Crippen LogP contribution in [0, 0.1) is 0 Å². The summed E-state index contributed by atoms with van der Waals surface area (Å²) in [6, 6.07) is 8.66. The Balaban J connectivity index is 0.812. The first-order chi connectivity index (χ1) is 32.7. The molecule has 0 radical (unpaired) electrons. The molecule has 1 unspecified atom stereocenters. The molecule has 25 heteroatoms. The summed E-state index contributed by atoms with van der Waals surface area (Å²) in [5.41, 5.74) is 13.7. The molecule has 360 valence electrons. The second-order valence-electron chi connectivity index (χ2n) is 15.3. The minimum Gasteiger partial charge on any atom is -0.483 e. The molecular weight excluding hydrogens is 893 g/mol. The van der Waals surface area contributed by atoms with Gasteiger partial charge in [-0.1, -0.05) is 6.07 Å². The van der Waals surface area contributed by atoms with E-state index in [1.54, 1.807) is 30.5 Å². The molecule has 2 aliphatic heterocycles. The topological polar surface area (TPSA) is 352 Å². The molecule has 2 aromatic heterocycles. The number of fused-ring (bicyclic) bond motifs is 2. The quantitative estimate of drug-likeness (QED) is 0.0308. The zero-order valence-electron chi connectivity index (χ0n) is 36.9. The number of carbonyl (C=O) groups excluding carboxylic acids is 7. The van der Waals surface area contributed by atoms with Crippen LogP contribution in [0.3, 0.4) is 0 Å². The van der Waals surface area contributed by atoms with E-state index in [-0.39, 0.29) is 118 Å². The van der Waals surface area contributed by atoms with Crippen LogP contribution in [0.2, 0.25) is 0 Å². The number of hydrogen-bond acceptors (Lipinski definition) is 19. The molecule has 7 amide bonds. The summed E-state index contributed by atoms with van der Waals surface area (Å²) < 4.78 is 22.0. The maximum absolute atomic E-state index is 13.2. The van der Waals surface area contributed by atoms with Crippen LogP contribution in [0.25, 0.3) is 11.2 Å². The minimum absolute atomic E-state index is 0.00247. The highest BCUT2D eigenvalue weighted by Gasteiger charge is 2.46. The fourth-order valence-electron chi connectivity index (χ4n) is 7.01. The Labute approximate surface area is 387 Å². The highest BCUT2D eigenvalue weighted by molar-refractivity contribution is 6.24. The van der Waals surface area contributed by atoms with Crippen LogP contribution in [-0.2, 0) is 44.7 Å². The fraction of sp³-hybridized carbons (Fsp3) is 0.395. The highest BCUT2D eigenvalue weighted by atomic mass is 16.5. The average molecular weight is 943 g/mol. The van der Waals surface area contributed by atoms with Gasteiger partial charge in [-0.3, -0.25) is 48.6 Å². The molecule has 2 atom stereocenters. The molecule has 2 aromatic carbocycles. The fourth-order valence-corrected chi connectivity index (χ4v) is 7.01. The number of nitrogens with two attached hydrogens (primary N) is 2. The van der Waals surface area contributed by atoms with Gasteiger partial charge in [0, 0.05) is 44.2 Å². The van der Waals surface area contributed by atoms with E-state index in [4.69, 9.17) is 30.4 Å². The third-order valence-electron chi connectivity index (χ3n) is 10.4. The van der Waals surface area contributed by atoms with Gasteiger partial charge in [0.2, 0.25) is 23.7 Å². The van der Waals surface area contributed by atoms with E-state index in [1.165, 1.54) is 18.2 Å². The summed E-state index contributed by atoms with van der Waals surface area (Å²) in [6.45, 7) is 1.25. The van der Waals surface area contributed by atoms with Gasteiger partial charge >= 0.3 is 5.97 Å². The van der Waals surface area contributed by atoms with Crippen LogP contribution >= 0.6 is 0 Å². The number of aromatic nitrogens is 4. The number of amides is 7. The number of ether oxygens (including phenoxy) is 4. The molecule has 68 heavy (non-hydrogen) atoms. The zero-order valence-corrected chi connectivity index (χ0v) is 36.9. The molecule has 0 spiro atoms. The van der Waals surface area contributed by atoms with Gasteiger partial charge < -0.3 is 56.4 Å². The molecular formula is C43H50N12O13. The van der Waals surface area contributed by atoms with Crippen LogP contribution in [0.15, 0.2) is 48.7 Å². The number of hydrogen-bond donors (Lipinski definition) is 7. The standard InChI is InChI=1S/C43H50N12O13/c1-54(22-25-21-48-37-35(49-25)36(44)52-43(45)53-37)26-7-5-24(6-8-26)38(60)50-28(9-12-33(58)59)39(61)47-14-16-66-18-20-67-19-17-65-15-13-46-32(57)23-68-30-4-2-3-27-34(30)42(64)55(41(27)63)29-10-11-31(56)51-40(29)62/h2-8,21,28-29H,9-20,22-23H2,1H3,(H,46,57)(H,47,61)(H,50,60)(H,58,59)(H,51,56,62)(H4,44,45,48,52,53)/t28-,29?/m1/s1. The van der Waals surface area contributed by atoms with Crippen LogP contribution in [0.4, 0.5) is 17.5 Å². The molecule has 25 nitrogen and oxygen atoms in total. The number of aliphatic carboxylic acids is 1. The van der Waals surface area contributed by atoms with E-state index in [0.717, 1.165) is 10.6 Å². The normalized spacial score (nSPS) is 14.8. The van der Waals surface area contributed by atoms with E-state index in [1.807, 2.05) is 11.9 Å². The van der Waals surface area contributed by atoms with Gasteiger partial charge in [0.25, 0.3) is 23.6 Å². The van der Waals surface area contributed by atoms with Crippen LogP contribution in [-0.4, -0.2) is 156 Å². The molecule has 4 heterocycles. The summed E-state index contributed by atoms with van der Waals surface area (Å²) in [5, 5.41) is 19.3. The van der Waals surface area contributed by atoms with Gasteiger partial charge in [-0.05, 0) is 49.2 Å². The maximum Gasteiger partial charge on any atom is 0.303 e. The predicted octanol–water partition coefficient (Wildman–Crippen LogP) is -1.05. The monoisotopic (exact) mass is 942 g/mol. The molecule has 1 saturated heterocycles. The number of piperidine rings is 1. The van der Waals surface area contributed by atoms with E-state index >= 15 is 0 Å². The lowest BCUT2D eigenvalue weighted by Gasteiger charge is -2.27. The van der Waals surface area contributed by atoms with Crippen LogP contribution < -0.4 is 42.4 Å². The number of carboxylic acids is 1. The largest absolute Gasteiger partial charge is 0.483 e. The molecule has 9 N–H and O–H groups in total. The summed E-state index contributed by atoms with van der Waals surface area (Å²) in [6.07, 6.45) is 1.05. The molecule has 2 aliphatic rings. The Bertz CT molecular complexity index is 2540. The van der Waals surface area contributed by atoms with Gasteiger partial charge in [0.05, 0.1) is 69.2 Å². The molecule has 0 bridgehead atoms. The number of imide groups is 2. The zero-order chi connectivity index (χ0) is 48.7. The molecule has 0 aliphatic carbocycles. The van der Waals surface area contributed by atoms with E-state index in [9.17, 15) is 43.5 Å². The lowest BCUT2D eigenvalue weighted by atomic mass is 10.0. The van der Waals surface area contributed by atoms with Gasteiger partial charge in [0.15, 0.2) is 23.6 Å². The van der Waals surface area contributed by atoms with Crippen molar-refractivity contribution >= 4 is 75.9 Å². The number of nitrogen functional groups attached to an aromatic ring is 2. The molecule has 6 rings (SSSR count). The van der Waals surface area contributed by atoms with Gasteiger partial charge in [-0.15, -0.1) is 0 Å². The maximum atomic E-state index is 13.2. The molecule has 1 fully saturated rings. The van der Waals surface area contributed by atoms with Crippen molar-refractivity contribution in [3.63, 3.8) is 0 Å². The van der Waals surface area contributed by atoms with E-state index in [2.05, 4.69) is 41.2 Å². The summed E-state index contributed by atoms with van der Waals surface area (Å²) in [4.78, 5) is 119. The van der Waals surface area contributed by atoms with Crippen LogP contribution in [0.5, 0.6) is 5.75 Å². The van der Waals surface area contributed by atoms with E-state index < -0.39 is 66.0 Å². The smallest absolute Gasteiger partial charge is 0.303 e. The summed E-state index contributed by atoms with van der Waals surface area (Å²) in [7, 11) is 1.82. The van der Waals surface area contributed by atoms with Crippen molar-refractivity contribution in [1.82, 2.24) is 46.1 Å². The number of nitrogens with one attached hydrogen (secondary N) is 4. The number of carbonyl (C=O) groups is 8. The van der Waals surface area contributed by atoms with Crippen molar-refractivity contribution in [2.45, 2.75) is 44.3 Å². The number of anilines is 3. The van der Waals surface area contributed by atoms with Crippen molar-refractivity contribution in [2.24, 2.45) is 0 Å². The SMILES string of the molecule is CN(Cc1cnc2nc(N)nc(N)c2n1)c1ccc(C(=O)N[C@H](CCC(=O)O)C(=O)NCCOCCOCCOCCNC(=O)COc2cccc3c2C(=O)N(C2CCC(=O)NC2=O)C3=O)cc1. The van der Waals surface area contributed by atoms with Crippen molar-refractivity contribution in [1.29, 1.82) is 0 Å². The number of rotatable bonds is 25. The van der Waals surface area contributed by atoms with Gasteiger partial charge in [-0.2, -0.15) is 9.97 Å². The van der Waals surface area contributed by atoms with Crippen molar-refractivity contribution in [3.8, 4) is 5.75 Å². The minimum atomic E-state index is -1.13. The third kappa shape index (κ3) is 13.1. The second-order valence-corrected chi connectivity index (χ2v) is 15.3. The van der Waals surface area contributed by atoms with Gasteiger partial charge in [-0.25, -0.2) is 9.97 Å². The Hall–Kier alpha value is -7.90. The Morgan fingerprint density at radius 3 is 2.28 bits per heavy atom. The first kappa shape index (κ1) is 49.5. The lowest BCUT2D eigenvalue weighted by Crippen LogP contribution is -2.54. The van der Waals surface area contributed by atoms with Crippen LogP contribution in [0.1, 0.15) is 62.5 Å². The number of benzene rings is 2. The highest BCUT2D eigenvalue weighted by Crippen LogP contribution is 2.33. The summed E-state index contributed by atoms with van der Waals surface area (Å²) in [5.74, 6) is -5.33. The lowest BCUT2D eigenvalue weighted by molar-refractivity contribution is -0.138. The summed E-state index contributed by atoms with van der Waals surface area (Å²) >= 11 is 0. The first-order valence-corrected chi connectivity index (χ1v) is 21.3. The van der Waals surface area contributed by atoms with Crippen molar-refractivity contribution < 1.29 is 62.4 Å². The third-order valence-corrected chi connectivity index (χ3v) is 10.4. The Morgan fingerprint density at radius 2 is 1.59 bits per heavy atom. The molecule has 0 saturated carbocycles. The van der Waals surface area contributed by atoms with Gasteiger partial charge in [0.1, 0.15) is 17.8 Å². The molecule has 4 aromatic rings. The second kappa shape index (κ2) is 23.5. The first-order valence-electron chi connectivity index (χ1n) is 21.3. The van der Waals surface area contributed by atoms with E-state index in [0.29, 0.717) is 17.8 Å². The predicted molar refractivity (Wildman–Crippen MR) is 238 cm³/mol. The number of carboxylic acid groups (broad SMARTS) is 1. The average Bonchev–Trinajstić information content (AvgIpc) is 3.57. The van der Waals surface area contributed by atoms with Crippen molar-refractivity contribution in [2.75, 3.05) is 82.8 Å². The Kier molecular flexibility index (Phi) is 17.1.